The van der Waals surface area contributed by atoms with E-state index in [1.807, 2.05) is 42.5 Å². The van der Waals surface area contributed by atoms with Crippen LogP contribution in [0.15, 0.2) is 73.1 Å². The minimum absolute atomic E-state index is 0.237. The Morgan fingerprint density at radius 1 is 1.00 bits per heavy atom. The van der Waals surface area contributed by atoms with Crippen LogP contribution in [-0.4, -0.2) is 22.5 Å². The van der Waals surface area contributed by atoms with Crippen molar-refractivity contribution in [1.29, 1.82) is 0 Å². The van der Waals surface area contributed by atoms with E-state index >= 15 is 0 Å². The van der Waals surface area contributed by atoms with Crippen LogP contribution in [-0.2, 0) is 13.0 Å². The van der Waals surface area contributed by atoms with Crippen LogP contribution in [0.4, 0.5) is 10.5 Å². The number of halogens is 2. The van der Waals surface area contributed by atoms with Crippen LogP contribution in [0.3, 0.4) is 0 Å². The molecule has 6 heteroatoms. The number of nitrogens with zero attached hydrogens (tertiary/aromatic N) is 2. The van der Waals surface area contributed by atoms with Gasteiger partial charge in [-0.1, -0.05) is 59.6 Å². The average molecular weight is 400 g/mol. The number of anilines is 1. The average Bonchev–Trinajstić information content (AvgIpc) is 2.69. The van der Waals surface area contributed by atoms with Crippen molar-refractivity contribution in [1.82, 2.24) is 9.88 Å². The summed E-state index contributed by atoms with van der Waals surface area (Å²) in [5.74, 6) is 0. The fourth-order valence-electron chi connectivity index (χ4n) is 2.66. The van der Waals surface area contributed by atoms with Gasteiger partial charge in [-0.15, -0.1) is 0 Å². The van der Waals surface area contributed by atoms with Gasteiger partial charge in [-0.2, -0.15) is 0 Å². The zero-order chi connectivity index (χ0) is 19.1. The van der Waals surface area contributed by atoms with E-state index in [0.29, 0.717) is 28.8 Å². The Morgan fingerprint density at radius 3 is 2.52 bits per heavy atom. The predicted molar refractivity (Wildman–Crippen MR) is 110 cm³/mol. The van der Waals surface area contributed by atoms with Gasteiger partial charge >= 0.3 is 6.03 Å². The molecule has 3 rings (SSSR count). The minimum atomic E-state index is -0.237. The standard InChI is InChI=1S/C21H19Cl2N3O/c22-18-8-9-19(23)20(13-18)25-21(27)26(15-17-7-4-11-24-14-17)12-10-16-5-2-1-3-6-16/h1-9,11,13-14H,10,12,15H2,(H,25,27). The maximum atomic E-state index is 12.9. The lowest BCUT2D eigenvalue weighted by molar-refractivity contribution is 0.209. The van der Waals surface area contributed by atoms with E-state index in [1.54, 1.807) is 35.5 Å². The molecule has 1 heterocycles. The van der Waals surface area contributed by atoms with Crippen molar-refractivity contribution >= 4 is 34.9 Å². The van der Waals surface area contributed by atoms with Crippen molar-refractivity contribution in [2.24, 2.45) is 0 Å². The summed E-state index contributed by atoms with van der Waals surface area (Å²) in [6.07, 6.45) is 4.22. The number of amides is 2. The number of carbonyl (C=O) groups excluding carboxylic acids is 1. The van der Waals surface area contributed by atoms with E-state index in [1.165, 1.54) is 5.56 Å². The predicted octanol–water partition coefficient (Wildman–Crippen LogP) is 5.67. The van der Waals surface area contributed by atoms with Gasteiger partial charge in [0.2, 0.25) is 0 Å². The molecule has 0 aliphatic carbocycles. The SMILES string of the molecule is O=C(Nc1cc(Cl)ccc1Cl)N(CCc1ccccc1)Cc1cccnc1. The molecule has 0 radical (unpaired) electrons. The zero-order valence-corrected chi connectivity index (χ0v) is 16.1. The van der Waals surface area contributed by atoms with E-state index in [0.717, 1.165) is 12.0 Å². The second kappa shape index (κ2) is 9.40. The number of nitrogens with one attached hydrogen (secondary N) is 1. The first kappa shape index (κ1) is 19.2. The summed E-state index contributed by atoms with van der Waals surface area (Å²) in [4.78, 5) is 18.8. The number of hydrogen-bond acceptors (Lipinski definition) is 2. The van der Waals surface area contributed by atoms with Crippen molar-refractivity contribution in [3.63, 3.8) is 0 Å². The smallest absolute Gasteiger partial charge is 0.320 e. The third-order valence-electron chi connectivity index (χ3n) is 4.07. The van der Waals surface area contributed by atoms with Gasteiger partial charge in [0.1, 0.15) is 0 Å². The molecule has 1 aromatic heterocycles. The molecular formula is C21H19Cl2N3O. The summed E-state index contributed by atoms with van der Waals surface area (Å²) in [5, 5.41) is 3.81. The Balaban J connectivity index is 1.75. The van der Waals surface area contributed by atoms with Crippen LogP contribution in [0.2, 0.25) is 10.0 Å². The second-order valence-corrected chi connectivity index (χ2v) is 6.92. The normalized spacial score (nSPS) is 10.4. The molecule has 138 valence electrons. The van der Waals surface area contributed by atoms with E-state index in [-0.39, 0.29) is 6.03 Å². The largest absolute Gasteiger partial charge is 0.322 e. The molecule has 4 nitrogen and oxygen atoms in total. The number of benzene rings is 2. The Kier molecular flexibility index (Phi) is 6.69. The number of carbonyl (C=O) groups is 1. The Bertz CT molecular complexity index is 888. The highest BCUT2D eigenvalue weighted by Gasteiger charge is 2.16. The van der Waals surface area contributed by atoms with E-state index in [4.69, 9.17) is 23.2 Å². The van der Waals surface area contributed by atoms with Crippen molar-refractivity contribution in [2.75, 3.05) is 11.9 Å². The first-order valence-corrected chi connectivity index (χ1v) is 9.31. The van der Waals surface area contributed by atoms with Crippen molar-refractivity contribution in [3.8, 4) is 0 Å². The molecule has 0 saturated heterocycles. The monoisotopic (exact) mass is 399 g/mol. The minimum Gasteiger partial charge on any atom is -0.320 e. The second-order valence-electron chi connectivity index (χ2n) is 6.07. The Labute approximate surface area is 168 Å². The van der Waals surface area contributed by atoms with Crippen LogP contribution in [0.25, 0.3) is 0 Å². The molecule has 0 unspecified atom stereocenters. The van der Waals surface area contributed by atoms with Gasteiger partial charge in [0.25, 0.3) is 0 Å². The van der Waals surface area contributed by atoms with Crippen LogP contribution < -0.4 is 5.32 Å². The molecule has 0 aliphatic heterocycles. The molecule has 3 aromatic rings. The lowest BCUT2D eigenvalue weighted by atomic mass is 10.1. The summed E-state index contributed by atoms with van der Waals surface area (Å²) in [7, 11) is 0. The highest BCUT2D eigenvalue weighted by molar-refractivity contribution is 6.35. The molecule has 2 aromatic carbocycles. The van der Waals surface area contributed by atoms with Gasteiger partial charge in [-0.3, -0.25) is 4.98 Å². The third kappa shape index (κ3) is 5.71. The van der Waals surface area contributed by atoms with Crippen molar-refractivity contribution < 1.29 is 4.79 Å². The summed E-state index contributed by atoms with van der Waals surface area (Å²) in [6.45, 7) is 1.01. The molecule has 0 aliphatic rings. The van der Waals surface area contributed by atoms with Crippen LogP contribution in [0.5, 0.6) is 0 Å². The first-order valence-electron chi connectivity index (χ1n) is 8.55. The summed E-state index contributed by atoms with van der Waals surface area (Å²) in [5.41, 5.74) is 2.62. The highest BCUT2D eigenvalue weighted by Crippen LogP contribution is 2.25. The summed E-state index contributed by atoms with van der Waals surface area (Å²) >= 11 is 12.2. The summed E-state index contributed by atoms with van der Waals surface area (Å²) in [6, 6.07) is 18.6. The Hall–Kier alpha value is -2.56. The third-order valence-corrected chi connectivity index (χ3v) is 4.63. The van der Waals surface area contributed by atoms with Crippen LogP contribution >= 0.6 is 23.2 Å². The Morgan fingerprint density at radius 2 is 1.78 bits per heavy atom. The van der Waals surface area contributed by atoms with Gasteiger partial charge in [-0.05, 0) is 41.8 Å². The quantitative estimate of drug-likeness (QED) is 0.580. The lowest BCUT2D eigenvalue weighted by Gasteiger charge is -2.23. The zero-order valence-electron chi connectivity index (χ0n) is 14.6. The van der Waals surface area contributed by atoms with E-state index in [2.05, 4.69) is 10.3 Å². The molecule has 27 heavy (non-hydrogen) atoms. The first-order chi connectivity index (χ1) is 13.1. The fraction of sp³-hybridized carbons (Fsp3) is 0.143. The van der Waals surface area contributed by atoms with Gasteiger partial charge in [0, 0.05) is 30.5 Å². The van der Waals surface area contributed by atoms with Gasteiger partial charge in [-0.25, -0.2) is 4.79 Å². The van der Waals surface area contributed by atoms with Gasteiger partial charge < -0.3 is 10.2 Å². The molecule has 0 atom stereocenters. The number of pyridine rings is 1. The van der Waals surface area contributed by atoms with Crippen molar-refractivity contribution in [3.05, 3.63) is 94.2 Å². The fourth-order valence-corrected chi connectivity index (χ4v) is 3.00. The van der Waals surface area contributed by atoms with E-state index < -0.39 is 0 Å². The molecule has 2 amide bonds. The van der Waals surface area contributed by atoms with Crippen molar-refractivity contribution in [2.45, 2.75) is 13.0 Å². The maximum Gasteiger partial charge on any atom is 0.322 e. The molecule has 0 fully saturated rings. The highest BCUT2D eigenvalue weighted by atomic mass is 35.5. The topological polar surface area (TPSA) is 45.2 Å². The molecule has 0 saturated carbocycles. The summed E-state index contributed by atoms with van der Waals surface area (Å²) < 4.78 is 0. The number of aromatic nitrogens is 1. The maximum absolute atomic E-state index is 12.9. The molecule has 1 N–H and O–H groups in total. The van der Waals surface area contributed by atoms with E-state index in [9.17, 15) is 4.79 Å². The molecule has 0 spiro atoms. The van der Waals surface area contributed by atoms with Crippen LogP contribution in [0, 0.1) is 0 Å². The number of hydrogen-bond donors (Lipinski definition) is 1. The van der Waals surface area contributed by atoms with Crippen LogP contribution in [0.1, 0.15) is 11.1 Å². The van der Waals surface area contributed by atoms with Gasteiger partial charge in [0.05, 0.1) is 10.7 Å². The van der Waals surface area contributed by atoms with Gasteiger partial charge in [0.15, 0.2) is 0 Å². The molecular weight excluding hydrogens is 381 g/mol. The number of rotatable bonds is 6. The number of urea groups is 1. The lowest BCUT2D eigenvalue weighted by Crippen LogP contribution is -2.36. The molecule has 0 bridgehead atoms.